The number of phenolic OH excluding ortho intramolecular Hbond substituents is 1. The van der Waals surface area contributed by atoms with E-state index in [4.69, 9.17) is 14.9 Å². The van der Waals surface area contributed by atoms with E-state index in [2.05, 4.69) is 5.32 Å². The molecule has 0 saturated carbocycles. The van der Waals surface area contributed by atoms with Crippen LogP contribution >= 0.6 is 0 Å². The minimum Gasteiger partial charge on any atom is -0.508 e. The van der Waals surface area contributed by atoms with E-state index in [1.165, 1.54) is 12.1 Å². The van der Waals surface area contributed by atoms with E-state index in [0.29, 0.717) is 19.6 Å². The summed E-state index contributed by atoms with van der Waals surface area (Å²) in [6.07, 6.45) is 0.575. The third kappa shape index (κ3) is 4.68. The lowest BCUT2D eigenvalue weighted by atomic mass is 10.2. The fraction of sp³-hybridized carbons (Fsp3) is 0.417. The Balaban J connectivity index is 2.32. The molecule has 0 bridgehead atoms. The van der Waals surface area contributed by atoms with Crippen LogP contribution in [0.15, 0.2) is 18.2 Å². The molecule has 0 unspecified atom stereocenters. The van der Waals surface area contributed by atoms with Gasteiger partial charge < -0.3 is 20.3 Å². The molecule has 0 aliphatic carbocycles. The van der Waals surface area contributed by atoms with Crippen LogP contribution in [-0.2, 0) is 4.74 Å². The van der Waals surface area contributed by atoms with Crippen molar-refractivity contribution in [2.75, 3.05) is 26.4 Å². The zero-order chi connectivity index (χ0) is 13.4. The van der Waals surface area contributed by atoms with Crippen LogP contribution in [0.25, 0.3) is 0 Å². The van der Waals surface area contributed by atoms with E-state index in [-0.39, 0.29) is 24.5 Å². The number of hydrogen-bond donors (Lipinski definition) is 3. The first kappa shape index (κ1) is 14.4. The second-order valence-electron chi connectivity index (χ2n) is 3.61. The highest BCUT2D eigenvalue weighted by molar-refractivity contribution is 5.94. The number of hydrogen-bond acceptors (Lipinski definition) is 4. The van der Waals surface area contributed by atoms with Crippen molar-refractivity contribution in [1.82, 2.24) is 5.32 Å². The van der Waals surface area contributed by atoms with Gasteiger partial charge in [-0.1, -0.05) is 0 Å². The molecule has 3 N–H and O–H groups in total. The molecule has 0 fully saturated rings. The minimum atomic E-state index is -0.760. The fourth-order valence-electron chi connectivity index (χ4n) is 1.33. The molecule has 0 atom stereocenters. The number of aliphatic hydroxyl groups excluding tert-OH is 1. The summed E-state index contributed by atoms with van der Waals surface area (Å²) in [5.74, 6) is -1.51. The molecular formula is C12H16FNO4. The highest BCUT2D eigenvalue weighted by atomic mass is 19.1. The summed E-state index contributed by atoms with van der Waals surface area (Å²) >= 11 is 0. The van der Waals surface area contributed by atoms with Crippen LogP contribution in [0.4, 0.5) is 4.39 Å². The summed E-state index contributed by atoms with van der Waals surface area (Å²) in [6, 6.07) is 3.36. The Kier molecular flexibility index (Phi) is 6.10. The van der Waals surface area contributed by atoms with Gasteiger partial charge in [0.2, 0.25) is 0 Å². The molecule has 0 aliphatic heterocycles. The number of rotatable bonds is 7. The van der Waals surface area contributed by atoms with E-state index in [0.717, 1.165) is 6.07 Å². The van der Waals surface area contributed by atoms with Crippen molar-refractivity contribution >= 4 is 5.91 Å². The molecule has 1 aromatic carbocycles. The number of carbonyl (C=O) groups is 1. The van der Waals surface area contributed by atoms with Gasteiger partial charge in [-0.3, -0.25) is 4.79 Å². The lowest BCUT2D eigenvalue weighted by Gasteiger charge is -2.06. The third-order valence-corrected chi connectivity index (χ3v) is 2.18. The molecule has 1 rings (SSSR count). The van der Waals surface area contributed by atoms with Gasteiger partial charge in [-0.2, -0.15) is 0 Å². The van der Waals surface area contributed by atoms with Crippen LogP contribution in [0.2, 0.25) is 0 Å². The number of ether oxygens (including phenoxy) is 1. The maximum atomic E-state index is 13.3. The SMILES string of the molecule is O=C(NCCCOCCO)c1ccc(O)cc1F. The Bertz CT molecular complexity index is 398. The second kappa shape index (κ2) is 7.62. The molecule has 0 heterocycles. The normalized spacial score (nSPS) is 10.3. The molecule has 100 valence electrons. The van der Waals surface area contributed by atoms with Crippen molar-refractivity contribution in [1.29, 1.82) is 0 Å². The van der Waals surface area contributed by atoms with Crippen molar-refractivity contribution in [2.45, 2.75) is 6.42 Å². The first-order valence-corrected chi connectivity index (χ1v) is 5.60. The molecule has 0 spiro atoms. The average Bonchev–Trinajstić information content (AvgIpc) is 2.33. The van der Waals surface area contributed by atoms with Crippen LogP contribution in [0.1, 0.15) is 16.8 Å². The highest BCUT2D eigenvalue weighted by Crippen LogP contribution is 2.14. The van der Waals surface area contributed by atoms with Gasteiger partial charge in [0.1, 0.15) is 11.6 Å². The summed E-state index contributed by atoms with van der Waals surface area (Å²) in [5, 5.41) is 20.0. The van der Waals surface area contributed by atoms with Gasteiger partial charge in [0.15, 0.2) is 0 Å². The maximum absolute atomic E-state index is 13.3. The predicted octanol–water partition coefficient (Wildman–Crippen LogP) is 0.660. The molecule has 0 saturated heterocycles. The molecule has 0 aromatic heterocycles. The molecule has 6 heteroatoms. The van der Waals surface area contributed by atoms with Gasteiger partial charge in [-0.25, -0.2) is 4.39 Å². The Morgan fingerprint density at radius 2 is 2.17 bits per heavy atom. The molecule has 1 aromatic rings. The van der Waals surface area contributed by atoms with Crippen LogP contribution in [0.5, 0.6) is 5.75 Å². The second-order valence-corrected chi connectivity index (χ2v) is 3.61. The van der Waals surface area contributed by atoms with Crippen molar-refractivity contribution in [3.05, 3.63) is 29.6 Å². The van der Waals surface area contributed by atoms with E-state index in [9.17, 15) is 9.18 Å². The zero-order valence-corrected chi connectivity index (χ0v) is 9.86. The van der Waals surface area contributed by atoms with Crippen molar-refractivity contribution in [2.24, 2.45) is 0 Å². The maximum Gasteiger partial charge on any atom is 0.254 e. The average molecular weight is 257 g/mol. The highest BCUT2D eigenvalue weighted by Gasteiger charge is 2.11. The van der Waals surface area contributed by atoms with Crippen molar-refractivity contribution in [3.63, 3.8) is 0 Å². The molecular weight excluding hydrogens is 241 g/mol. The smallest absolute Gasteiger partial charge is 0.254 e. The van der Waals surface area contributed by atoms with E-state index < -0.39 is 11.7 Å². The van der Waals surface area contributed by atoms with Gasteiger partial charge in [-0.15, -0.1) is 0 Å². The Morgan fingerprint density at radius 3 is 2.83 bits per heavy atom. The van der Waals surface area contributed by atoms with Crippen LogP contribution in [-0.4, -0.2) is 42.5 Å². The lowest BCUT2D eigenvalue weighted by molar-refractivity contribution is 0.0866. The first-order valence-electron chi connectivity index (χ1n) is 5.60. The van der Waals surface area contributed by atoms with Gasteiger partial charge in [0, 0.05) is 19.2 Å². The number of benzene rings is 1. The minimum absolute atomic E-state index is 0.0366. The largest absolute Gasteiger partial charge is 0.508 e. The number of amides is 1. The third-order valence-electron chi connectivity index (χ3n) is 2.18. The lowest BCUT2D eigenvalue weighted by Crippen LogP contribution is -2.26. The Hall–Kier alpha value is -1.66. The summed E-state index contributed by atoms with van der Waals surface area (Å²) in [5.41, 5.74) is -0.107. The Morgan fingerprint density at radius 1 is 1.39 bits per heavy atom. The van der Waals surface area contributed by atoms with E-state index in [1.807, 2.05) is 0 Å². The van der Waals surface area contributed by atoms with Crippen LogP contribution in [0.3, 0.4) is 0 Å². The molecule has 0 aliphatic rings. The summed E-state index contributed by atoms with van der Waals surface area (Å²) in [4.78, 5) is 11.6. The topological polar surface area (TPSA) is 78.8 Å². The monoisotopic (exact) mass is 257 g/mol. The molecule has 5 nitrogen and oxygen atoms in total. The summed E-state index contributed by atoms with van der Waals surface area (Å²) < 4.78 is 18.3. The molecule has 0 radical (unpaired) electrons. The number of carbonyl (C=O) groups excluding carboxylic acids is 1. The number of aromatic hydroxyl groups is 1. The van der Waals surface area contributed by atoms with Gasteiger partial charge >= 0.3 is 0 Å². The number of aliphatic hydroxyl groups is 1. The number of halogens is 1. The first-order chi connectivity index (χ1) is 8.65. The Labute approximate surface area is 104 Å². The van der Waals surface area contributed by atoms with E-state index >= 15 is 0 Å². The van der Waals surface area contributed by atoms with Crippen LogP contribution < -0.4 is 5.32 Å². The van der Waals surface area contributed by atoms with Crippen molar-refractivity contribution in [3.8, 4) is 5.75 Å². The molecule has 18 heavy (non-hydrogen) atoms. The van der Waals surface area contributed by atoms with Gasteiger partial charge in [-0.05, 0) is 18.6 Å². The quantitative estimate of drug-likeness (QED) is 0.627. The van der Waals surface area contributed by atoms with E-state index in [1.54, 1.807) is 0 Å². The molecule has 1 amide bonds. The fourth-order valence-corrected chi connectivity index (χ4v) is 1.33. The van der Waals surface area contributed by atoms with Crippen molar-refractivity contribution < 1.29 is 24.1 Å². The predicted molar refractivity (Wildman–Crippen MR) is 62.9 cm³/mol. The standard InChI is InChI=1S/C12H16FNO4/c13-11-8-9(16)2-3-10(11)12(17)14-4-1-6-18-7-5-15/h2-3,8,15-16H,1,4-7H2,(H,14,17). The summed E-state index contributed by atoms with van der Waals surface area (Å²) in [7, 11) is 0. The number of nitrogens with one attached hydrogen (secondary N) is 1. The summed E-state index contributed by atoms with van der Waals surface area (Å²) in [6.45, 7) is 0.995. The zero-order valence-electron chi connectivity index (χ0n) is 9.86. The van der Waals surface area contributed by atoms with Gasteiger partial charge in [0.25, 0.3) is 5.91 Å². The van der Waals surface area contributed by atoms with Gasteiger partial charge in [0.05, 0.1) is 18.8 Å². The van der Waals surface area contributed by atoms with Crippen LogP contribution in [0, 0.1) is 5.82 Å². The number of phenols is 1.